The number of rotatable bonds is 6. The smallest absolute Gasteiger partial charge is 0.461 e. The van der Waals surface area contributed by atoms with Crippen molar-refractivity contribution >= 4 is 16.9 Å². The first-order valence-corrected chi connectivity index (χ1v) is 8.26. The Morgan fingerprint density at radius 2 is 1.79 bits per heavy atom. The quantitative estimate of drug-likeness (QED) is 0.601. The number of esters is 1. The minimum Gasteiger partial charge on any atom is -0.461 e. The average Bonchev–Trinajstić information content (AvgIpc) is 2.66. The lowest BCUT2D eigenvalue weighted by Gasteiger charge is -2.10. The van der Waals surface area contributed by atoms with Crippen LogP contribution < -0.4 is 10.3 Å². The van der Waals surface area contributed by atoms with Crippen LogP contribution in [0.1, 0.15) is 12.0 Å². The lowest BCUT2D eigenvalue weighted by atomic mass is 10.2. The number of carbonyl (C=O) groups is 1. The second kappa shape index (κ2) is 8.12. The molecule has 28 heavy (non-hydrogen) atoms. The van der Waals surface area contributed by atoms with E-state index in [1.54, 1.807) is 24.3 Å². The fourth-order valence-electron chi connectivity index (χ4n) is 2.50. The van der Waals surface area contributed by atoms with Crippen LogP contribution in [0.15, 0.2) is 59.7 Å². The molecule has 9 heteroatoms. The monoisotopic (exact) mass is 392 g/mol. The van der Waals surface area contributed by atoms with Gasteiger partial charge in [-0.15, -0.1) is 13.2 Å². The number of nitrogens with zero attached hydrogens (tertiary/aromatic N) is 2. The van der Waals surface area contributed by atoms with Gasteiger partial charge < -0.3 is 9.47 Å². The highest BCUT2D eigenvalue weighted by molar-refractivity contribution is 5.77. The van der Waals surface area contributed by atoms with Crippen LogP contribution >= 0.6 is 0 Å². The summed E-state index contributed by atoms with van der Waals surface area (Å²) >= 11 is 0. The predicted octanol–water partition coefficient (Wildman–Crippen LogP) is 3.43. The Morgan fingerprint density at radius 1 is 1.07 bits per heavy atom. The lowest BCUT2D eigenvalue weighted by molar-refractivity contribution is -0.274. The SMILES string of the molecule is O=C(CCn1cnc2ccccc2c1=O)OCc1ccc(OC(F)(F)F)cc1. The van der Waals surface area contributed by atoms with Gasteiger partial charge in [0.25, 0.3) is 5.56 Å². The van der Waals surface area contributed by atoms with Gasteiger partial charge >= 0.3 is 12.3 Å². The van der Waals surface area contributed by atoms with Crippen LogP contribution in [0.3, 0.4) is 0 Å². The highest BCUT2D eigenvalue weighted by Crippen LogP contribution is 2.22. The number of halogens is 3. The third kappa shape index (κ3) is 5.09. The summed E-state index contributed by atoms with van der Waals surface area (Å²) < 4.78 is 46.5. The van der Waals surface area contributed by atoms with Gasteiger partial charge in [0.2, 0.25) is 0 Å². The summed E-state index contributed by atoms with van der Waals surface area (Å²) in [6.07, 6.45) is -3.43. The van der Waals surface area contributed by atoms with Gasteiger partial charge in [0.15, 0.2) is 0 Å². The Bertz CT molecular complexity index is 1030. The largest absolute Gasteiger partial charge is 0.573 e. The second-order valence-corrected chi connectivity index (χ2v) is 5.86. The fraction of sp³-hybridized carbons (Fsp3) is 0.211. The fourth-order valence-corrected chi connectivity index (χ4v) is 2.50. The molecule has 3 aromatic rings. The molecule has 6 nitrogen and oxygen atoms in total. The zero-order chi connectivity index (χ0) is 20.1. The number of hydrogen-bond donors (Lipinski definition) is 0. The van der Waals surface area contributed by atoms with Crippen molar-refractivity contribution in [3.63, 3.8) is 0 Å². The highest BCUT2D eigenvalue weighted by Gasteiger charge is 2.30. The minimum absolute atomic E-state index is 0.0464. The molecule has 1 aromatic heterocycles. The predicted molar refractivity (Wildman–Crippen MR) is 93.5 cm³/mol. The van der Waals surface area contributed by atoms with E-state index in [0.29, 0.717) is 16.5 Å². The molecule has 146 valence electrons. The maximum atomic E-state index is 12.3. The Labute approximate surface area is 157 Å². The first-order valence-electron chi connectivity index (χ1n) is 8.26. The number of benzene rings is 2. The summed E-state index contributed by atoms with van der Waals surface area (Å²) in [5, 5.41) is 0.458. The van der Waals surface area contributed by atoms with E-state index in [-0.39, 0.29) is 30.9 Å². The van der Waals surface area contributed by atoms with Gasteiger partial charge in [0.1, 0.15) is 12.4 Å². The molecule has 0 amide bonds. The molecule has 0 saturated heterocycles. The molecule has 0 saturated carbocycles. The highest BCUT2D eigenvalue weighted by atomic mass is 19.4. The van der Waals surface area contributed by atoms with Gasteiger partial charge in [-0.3, -0.25) is 14.2 Å². The van der Waals surface area contributed by atoms with Gasteiger partial charge in [-0.05, 0) is 29.8 Å². The summed E-state index contributed by atoms with van der Waals surface area (Å²) in [7, 11) is 0. The van der Waals surface area contributed by atoms with Crippen molar-refractivity contribution in [3.05, 3.63) is 70.8 Å². The molecule has 0 unspecified atom stereocenters. The molecule has 0 radical (unpaired) electrons. The molecule has 0 aliphatic carbocycles. The van der Waals surface area contributed by atoms with Crippen molar-refractivity contribution < 1.29 is 27.4 Å². The third-order valence-corrected chi connectivity index (χ3v) is 3.85. The lowest BCUT2D eigenvalue weighted by Crippen LogP contribution is -2.22. The number of hydrogen-bond acceptors (Lipinski definition) is 5. The molecule has 2 aromatic carbocycles. The van der Waals surface area contributed by atoms with Crippen molar-refractivity contribution in [1.82, 2.24) is 9.55 Å². The van der Waals surface area contributed by atoms with E-state index >= 15 is 0 Å². The van der Waals surface area contributed by atoms with Crippen LogP contribution in [-0.2, 0) is 22.7 Å². The summed E-state index contributed by atoms with van der Waals surface area (Å²) in [5.41, 5.74) is 0.829. The number of carbonyl (C=O) groups excluding carboxylic acids is 1. The van der Waals surface area contributed by atoms with Crippen molar-refractivity contribution in [2.45, 2.75) is 25.9 Å². The number of fused-ring (bicyclic) bond motifs is 1. The summed E-state index contributed by atoms with van der Waals surface area (Å²) in [4.78, 5) is 28.4. The van der Waals surface area contributed by atoms with E-state index in [1.165, 1.54) is 23.0 Å². The zero-order valence-electron chi connectivity index (χ0n) is 14.5. The molecule has 0 fully saturated rings. The molecule has 1 heterocycles. The molecule has 3 rings (SSSR count). The van der Waals surface area contributed by atoms with Gasteiger partial charge in [-0.1, -0.05) is 24.3 Å². The summed E-state index contributed by atoms with van der Waals surface area (Å²) in [6, 6.07) is 11.9. The van der Waals surface area contributed by atoms with Crippen LogP contribution in [0.5, 0.6) is 5.75 Å². The van der Waals surface area contributed by atoms with Crippen LogP contribution in [0.25, 0.3) is 10.9 Å². The van der Waals surface area contributed by atoms with E-state index in [2.05, 4.69) is 9.72 Å². The number of aryl methyl sites for hydroxylation is 1. The van der Waals surface area contributed by atoms with E-state index < -0.39 is 12.3 Å². The normalized spacial score (nSPS) is 11.4. The van der Waals surface area contributed by atoms with Crippen molar-refractivity contribution in [2.24, 2.45) is 0 Å². The number of aromatic nitrogens is 2. The first kappa shape index (κ1) is 19.4. The summed E-state index contributed by atoms with van der Waals surface area (Å²) in [5.74, 6) is -0.901. The molecule has 0 atom stereocenters. The molecular formula is C19H15F3N2O4. The second-order valence-electron chi connectivity index (χ2n) is 5.86. The third-order valence-electron chi connectivity index (χ3n) is 3.85. The van der Waals surface area contributed by atoms with E-state index in [0.717, 1.165) is 12.1 Å². The summed E-state index contributed by atoms with van der Waals surface area (Å²) in [6.45, 7) is 0.00383. The number of ether oxygens (including phenoxy) is 2. The van der Waals surface area contributed by atoms with E-state index in [9.17, 15) is 22.8 Å². The number of para-hydroxylation sites is 1. The standard InChI is InChI=1S/C19H15F3N2O4/c20-19(21,22)28-14-7-5-13(6-8-14)11-27-17(25)9-10-24-12-23-16-4-2-1-3-15(16)18(24)26/h1-8,12H,9-11H2. The first-order chi connectivity index (χ1) is 13.3. The van der Waals surface area contributed by atoms with Crippen molar-refractivity contribution in [3.8, 4) is 5.75 Å². The van der Waals surface area contributed by atoms with Crippen LogP contribution in [0.2, 0.25) is 0 Å². The van der Waals surface area contributed by atoms with Crippen molar-refractivity contribution in [2.75, 3.05) is 0 Å². The topological polar surface area (TPSA) is 70.4 Å². The molecule has 0 aliphatic heterocycles. The van der Waals surface area contributed by atoms with Gasteiger partial charge in [-0.25, -0.2) is 4.98 Å². The van der Waals surface area contributed by atoms with Crippen LogP contribution in [0, 0.1) is 0 Å². The van der Waals surface area contributed by atoms with Gasteiger partial charge in [-0.2, -0.15) is 0 Å². The Kier molecular flexibility index (Phi) is 5.62. The average molecular weight is 392 g/mol. The Morgan fingerprint density at radius 3 is 2.50 bits per heavy atom. The molecule has 0 bridgehead atoms. The zero-order valence-corrected chi connectivity index (χ0v) is 14.5. The molecule has 0 aliphatic rings. The van der Waals surface area contributed by atoms with E-state index in [4.69, 9.17) is 4.74 Å². The van der Waals surface area contributed by atoms with Gasteiger partial charge in [0, 0.05) is 6.54 Å². The Hall–Kier alpha value is -3.36. The minimum atomic E-state index is -4.76. The maximum absolute atomic E-state index is 12.3. The van der Waals surface area contributed by atoms with Crippen molar-refractivity contribution in [1.29, 1.82) is 0 Å². The molecule has 0 spiro atoms. The molecule has 0 N–H and O–H groups in total. The maximum Gasteiger partial charge on any atom is 0.573 e. The van der Waals surface area contributed by atoms with E-state index in [1.807, 2.05) is 0 Å². The number of alkyl halides is 3. The molecular weight excluding hydrogens is 377 g/mol. The van der Waals surface area contributed by atoms with Gasteiger partial charge in [0.05, 0.1) is 23.7 Å². The Balaban J connectivity index is 1.52. The van der Waals surface area contributed by atoms with Crippen LogP contribution in [-0.4, -0.2) is 21.9 Å². The van der Waals surface area contributed by atoms with Crippen LogP contribution in [0.4, 0.5) is 13.2 Å².